The molecule has 0 amide bonds. The highest BCUT2D eigenvalue weighted by atomic mass is 19.2. The van der Waals surface area contributed by atoms with Crippen molar-refractivity contribution in [2.75, 3.05) is 0 Å². The molecule has 0 fully saturated rings. The van der Waals surface area contributed by atoms with Gasteiger partial charge >= 0.3 is 0 Å². The van der Waals surface area contributed by atoms with Crippen molar-refractivity contribution >= 4 is 5.57 Å². The monoisotopic (exact) mass is 506 g/mol. The topological polar surface area (TPSA) is 0 Å². The molecule has 1 aliphatic rings. The van der Waals surface area contributed by atoms with Crippen LogP contribution in [0, 0.1) is 29.2 Å². The molecule has 0 aliphatic heterocycles. The second kappa shape index (κ2) is 12.4. The highest BCUT2D eigenvalue weighted by molar-refractivity contribution is 5.74. The number of aryl methyl sites for hydroxylation is 1. The van der Waals surface area contributed by atoms with Gasteiger partial charge in [0.2, 0.25) is 0 Å². The van der Waals surface area contributed by atoms with Gasteiger partial charge in [-0.1, -0.05) is 80.1 Å². The number of hydrogen-bond acceptors (Lipinski definition) is 0. The van der Waals surface area contributed by atoms with E-state index < -0.39 is 23.3 Å². The van der Waals surface area contributed by atoms with Crippen LogP contribution in [0.5, 0.6) is 0 Å². The molecule has 0 saturated carbocycles. The lowest BCUT2D eigenvalue weighted by Crippen LogP contribution is -2.07. The summed E-state index contributed by atoms with van der Waals surface area (Å²) in [6.07, 6.45) is 13.2. The summed E-state index contributed by atoms with van der Waals surface area (Å²) in [5, 5.41) is 0. The number of rotatable bonds is 9. The summed E-state index contributed by atoms with van der Waals surface area (Å²) in [4.78, 5) is 0. The van der Waals surface area contributed by atoms with Gasteiger partial charge in [-0.2, -0.15) is 0 Å². The Hall–Kier alpha value is -3.14. The summed E-state index contributed by atoms with van der Waals surface area (Å²) in [5.41, 5.74) is 2.82. The van der Waals surface area contributed by atoms with Gasteiger partial charge < -0.3 is 0 Å². The molecule has 0 nitrogen and oxygen atoms in total. The zero-order valence-corrected chi connectivity index (χ0v) is 21.6. The molecule has 194 valence electrons. The number of unbranched alkanes of at least 4 members (excludes halogenated alkanes) is 1. The first-order valence-corrected chi connectivity index (χ1v) is 13.3. The standard InChI is InChI=1S/C33H34F4/c1-3-5-7-8-22-10-12-23(13-11-22)28-20-21-29(33(37)32(28)36)25-16-14-24(15-17-25)27-19-18-26(9-6-4-2)30(34)31(27)35/h3,5,12,14-22H,4,6-11,13H2,1-2H3/b5-3+. The zero-order chi connectivity index (χ0) is 26.4. The number of allylic oxidation sites excluding steroid dienone is 4. The maximum absolute atomic E-state index is 15.2. The average molecular weight is 507 g/mol. The lowest BCUT2D eigenvalue weighted by molar-refractivity contribution is 0.452. The van der Waals surface area contributed by atoms with E-state index in [1.165, 1.54) is 0 Å². The molecular weight excluding hydrogens is 472 g/mol. The minimum atomic E-state index is -0.890. The molecule has 1 unspecified atom stereocenters. The van der Waals surface area contributed by atoms with Crippen molar-refractivity contribution in [3.8, 4) is 22.3 Å². The fourth-order valence-electron chi connectivity index (χ4n) is 5.12. The summed E-state index contributed by atoms with van der Waals surface area (Å²) >= 11 is 0. The van der Waals surface area contributed by atoms with Gasteiger partial charge in [0.25, 0.3) is 0 Å². The van der Waals surface area contributed by atoms with Crippen LogP contribution >= 0.6 is 0 Å². The van der Waals surface area contributed by atoms with E-state index in [9.17, 15) is 8.78 Å². The van der Waals surface area contributed by atoms with Gasteiger partial charge in [0.05, 0.1) is 0 Å². The van der Waals surface area contributed by atoms with Crippen LogP contribution in [0.1, 0.15) is 69.9 Å². The minimum absolute atomic E-state index is 0.148. The van der Waals surface area contributed by atoms with Gasteiger partial charge in [-0.3, -0.25) is 0 Å². The Labute approximate surface area is 217 Å². The Kier molecular flexibility index (Phi) is 9.02. The molecule has 4 rings (SSSR count). The van der Waals surface area contributed by atoms with Gasteiger partial charge in [-0.15, -0.1) is 0 Å². The van der Waals surface area contributed by atoms with E-state index in [1.807, 2.05) is 13.8 Å². The van der Waals surface area contributed by atoms with E-state index in [1.54, 1.807) is 48.5 Å². The normalized spacial score (nSPS) is 15.8. The third kappa shape index (κ3) is 6.06. The summed E-state index contributed by atoms with van der Waals surface area (Å²) in [5.74, 6) is -2.85. The van der Waals surface area contributed by atoms with Crippen LogP contribution in [0.3, 0.4) is 0 Å². The van der Waals surface area contributed by atoms with Crippen LogP contribution < -0.4 is 0 Å². The maximum atomic E-state index is 15.2. The van der Waals surface area contributed by atoms with Crippen LogP contribution in [0.2, 0.25) is 0 Å². The fraction of sp³-hybridized carbons (Fsp3) is 0.333. The van der Waals surface area contributed by atoms with Crippen molar-refractivity contribution in [3.63, 3.8) is 0 Å². The minimum Gasteiger partial charge on any atom is -0.203 e. The van der Waals surface area contributed by atoms with Gasteiger partial charge in [-0.25, -0.2) is 17.6 Å². The Balaban J connectivity index is 1.53. The fourth-order valence-corrected chi connectivity index (χ4v) is 5.12. The van der Waals surface area contributed by atoms with Crippen LogP contribution in [-0.2, 0) is 6.42 Å². The molecule has 0 aromatic heterocycles. The van der Waals surface area contributed by atoms with Crippen molar-refractivity contribution in [2.45, 2.75) is 65.2 Å². The predicted octanol–water partition coefficient (Wildman–Crippen LogP) is 10.5. The van der Waals surface area contributed by atoms with E-state index in [-0.39, 0.29) is 11.1 Å². The van der Waals surface area contributed by atoms with Crippen LogP contribution in [-0.4, -0.2) is 0 Å². The number of benzene rings is 3. The van der Waals surface area contributed by atoms with Gasteiger partial charge in [-0.05, 0) is 80.1 Å². The summed E-state index contributed by atoms with van der Waals surface area (Å²) in [6, 6.07) is 12.9. The third-order valence-electron chi connectivity index (χ3n) is 7.39. The third-order valence-corrected chi connectivity index (χ3v) is 7.39. The Morgan fingerprint density at radius 2 is 1.38 bits per heavy atom. The van der Waals surface area contributed by atoms with E-state index in [0.29, 0.717) is 34.6 Å². The van der Waals surface area contributed by atoms with E-state index in [4.69, 9.17) is 0 Å². The second-order valence-corrected chi connectivity index (χ2v) is 9.89. The molecule has 3 aromatic carbocycles. The van der Waals surface area contributed by atoms with Crippen molar-refractivity contribution in [1.82, 2.24) is 0 Å². The SMILES string of the molecule is C/C=C/CCC1CC=C(c2ccc(-c3ccc(-c4ccc(CCCC)c(F)c4F)cc3)c(F)c2F)CC1. The van der Waals surface area contributed by atoms with E-state index in [2.05, 4.69) is 18.2 Å². The Morgan fingerprint density at radius 1 is 0.784 bits per heavy atom. The van der Waals surface area contributed by atoms with Crippen LogP contribution in [0.15, 0.2) is 66.8 Å². The highest BCUT2D eigenvalue weighted by Gasteiger charge is 2.21. The summed E-state index contributed by atoms with van der Waals surface area (Å²) in [7, 11) is 0. The molecule has 0 saturated heterocycles. The molecule has 0 bridgehead atoms. The molecule has 0 spiro atoms. The average Bonchev–Trinajstić information content (AvgIpc) is 2.92. The van der Waals surface area contributed by atoms with Crippen LogP contribution in [0.4, 0.5) is 17.6 Å². The Bertz CT molecular complexity index is 1280. The molecule has 37 heavy (non-hydrogen) atoms. The zero-order valence-electron chi connectivity index (χ0n) is 21.6. The second-order valence-electron chi connectivity index (χ2n) is 9.89. The van der Waals surface area contributed by atoms with Crippen molar-refractivity contribution in [3.05, 3.63) is 101 Å². The van der Waals surface area contributed by atoms with Gasteiger partial charge in [0, 0.05) is 16.7 Å². The van der Waals surface area contributed by atoms with Crippen molar-refractivity contribution in [2.24, 2.45) is 5.92 Å². The Morgan fingerprint density at radius 3 is 1.97 bits per heavy atom. The lowest BCUT2D eigenvalue weighted by atomic mass is 9.83. The molecule has 3 aromatic rings. The molecule has 1 atom stereocenters. The van der Waals surface area contributed by atoms with E-state index >= 15 is 8.78 Å². The first-order chi connectivity index (χ1) is 17.9. The summed E-state index contributed by atoms with van der Waals surface area (Å²) in [6.45, 7) is 4.02. The maximum Gasteiger partial charge on any atom is 0.167 e. The highest BCUT2D eigenvalue weighted by Crippen LogP contribution is 2.37. The molecule has 0 radical (unpaired) electrons. The first kappa shape index (κ1) is 26.9. The quantitative estimate of drug-likeness (QED) is 0.200. The first-order valence-electron chi connectivity index (χ1n) is 13.3. The summed E-state index contributed by atoms with van der Waals surface area (Å²) < 4.78 is 59.5. The van der Waals surface area contributed by atoms with Crippen LogP contribution in [0.25, 0.3) is 27.8 Å². The molecule has 1 aliphatic carbocycles. The van der Waals surface area contributed by atoms with Crippen molar-refractivity contribution in [1.29, 1.82) is 0 Å². The number of hydrogen-bond donors (Lipinski definition) is 0. The van der Waals surface area contributed by atoms with Gasteiger partial charge in [0.1, 0.15) is 0 Å². The largest absolute Gasteiger partial charge is 0.203 e. The van der Waals surface area contributed by atoms with Crippen molar-refractivity contribution < 1.29 is 17.6 Å². The molecule has 0 heterocycles. The van der Waals surface area contributed by atoms with E-state index in [0.717, 1.165) is 50.5 Å². The predicted molar refractivity (Wildman–Crippen MR) is 145 cm³/mol. The lowest BCUT2D eigenvalue weighted by Gasteiger charge is -2.22. The molecule has 0 N–H and O–H groups in total. The number of halogens is 4. The van der Waals surface area contributed by atoms with Gasteiger partial charge in [0.15, 0.2) is 23.3 Å². The molecular formula is C33H34F4. The smallest absolute Gasteiger partial charge is 0.167 e. The molecule has 4 heteroatoms.